The third kappa shape index (κ3) is 3.71. The molecule has 2 fully saturated rings. The molecule has 0 aromatic heterocycles. The van der Waals surface area contributed by atoms with Crippen molar-refractivity contribution in [1.82, 2.24) is 9.80 Å². The number of hydrogen-bond acceptors (Lipinski definition) is 2. The van der Waals surface area contributed by atoms with Crippen LogP contribution in [0.1, 0.15) is 52.9 Å². The monoisotopic (exact) mass is 266 g/mol. The van der Waals surface area contributed by atoms with E-state index in [9.17, 15) is 4.79 Å². The molecule has 2 heterocycles. The van der Waals surface area contributed by atoms with Crippen LogP contribution in [-0.2, 0) is 4.79 Å². The maximum atomic E-state index is 12.0. The molecule has 0 radical (unpaired) electrons. The van der Waals surface area contributed by atoms with E-state index in [0.717, 1.165) is 25.9 Å². The summed E-state index contributed by atoms with van der Waals surface area (Å²) in [6.07, 6.45) is 5.62. The summed E-state index contributed by atoms with van der Waals surface area (Å²) in [7, 11) is 0. The zero-order valence-corrected chi connectivity index (χ0v) is 13.0. The molecule has 0 aromatic rings. The molecule has 110 valence electrons. The summed E-state index contributed by atoms with van der Waals surface area (Å²) < 4.78 is 0. The van der Waals surface area contributed by atoms with Gasteiger partial charge in [-0.05, 0) is 51.2 Å². The number of piperidine rings is 1. The maximum Gasteiger partial charge on any atom is 0.222 e. The fourth-order valence-electron chi connectivity index (χ4n) is 3.39. The van der Waals surface area contributed by atoms with E-state index in [1.54, 1.807) is 0 Å². The molecule has 2 aliphatic rings. The van der Waals surface area contributed by atoms with Gasteiger partial charge in [0.1, 0.15) is 0 Å². The Balaban J connectivity index is 1.69. The van der Waals surface area contributed by atoms with E-state index in [1.807, 2.05) is 0 Å². The zero-order valence-electron chi connectivity index (χ0n) is 13.0. The van der Waals surface area contributed by atoms with Gasteiger partial charge in [0.2, 0.25) is 5.91 Å². The van der Waals surface area contributed by atoms with E-state index in [2.05, 4.69) is 30.6 Å². The van der Waals surface area contributed by atoms with Crippen molar-refractivity contribution in [2.45, 2.75) is 52.9 Å². The Morgan fingerprint density at radius 3 is 2.37 bits per heavy atom. The van der Waals surface area contributed by atoms with E-state index in [4.69, 9.17) is 0 Å². The molecule has 19 heavy (non-hydrogen) atoms. The average Bonchev–Trinajstić information content (AvgIpc) is 2.35. The third-order valence-corrected chi connectivity index (χ3v) is 4.80. The summed E-state index contributed by atoms with van der Waals surface area (Å²) in [5, 5.41) is 0. The lowest BCUT2D eigenvalue weighted by Crippen LogP contribution is -2.61. The third-order valence-electron chi connectivity index (χ3n) is 4.80. The summed E-state index contributed by atoms with van der Waals surface area (Å²) in [6.45, 7) is 12.4. The molecule has 0 aliphatic carbocycles. The smallest absolute Gasteiger partial charge is 0.222 e. The van der Waals surface area contributed by atoms with Gasteiger partial charge in [-0.15, -0.1) is 0 Å². The number of hydrogen-bond donors (Lipinski definition) is 0. The number of rotatable bonds is 5. The normalized spacial score (nSPS) is 22.8. The van der Waals surface area contributed by atoms with Crippen LogP contribution in [0, 0.1) is 11.3 Å². The minimum atomic E-state index is 0.385. The Kier molecular flexibility index (Phi) is 4.88. The topological polar surface area (TPSA) is 23.6 Å². The van der Waals surface area contributed by atoms with Crippen LogP contribution in [-0.4, -0.2) is 48.4 Å². The summed E-state index contributed by atoms with van der Waals surface area (Å²) in [5.74, 6) is 1.02. The Morgan fingerprint density at radius 2 is 1.84 bits per heavy atom. The van der Waals surface area contributed by atoms with Crippen molar-refractivity contribution in [2.24, 2.45) is 11.3 Å². The molecular formula is C16H30N2O. The van der Waals surface area contributed by atoms with Gasteiger partial charge in [-0.1, -0.05) is 20.8 Å². The van der Waals surface area contributed by atoms with Crippen molar-refractivity contribution < 1.29 is 4.79 Å². The molecule has 0 saturated carbocycles. The van der Waals surface area contributed by atoms with Crippen molar-refractivity contribution in [3.8, 4) is 0 Å². The van der Waals surface area contributed by atoms with Crippen molar-refractivity contribution in [3.63, 3.8) is 0 Å². The molecule has 1 spiro atoms. The van der Waals surface area contributed by atoms with Crippen LogP contribution in [0.15, 0.2) is 0 Å². The Morgan fingerprint density at radius 1 is 1.21 bits per heavy atom. The summed E-state index contributed by atoms with van der Waals surface area (Å²) in [4.78, 5) is 16.7. The second kappa shape index (κ2) is 6.25. The largest absolute Gasteiger partial charge is 0.341 e. The van der Waals surface area contributed by atoms with Gasteiger partial charge in [0.25, 0.3) is 0 Å². The van der Waals surface area contributed by atoms with Gasteiger partial charge in [0.05, 0.1) is 0 Å². The molecule has 0 bridgehead atoms. The SMILES string of the molecule is CCCN1CCC2(CC1)CN(C(=O)CCC(C)C)C2. The van der Waals surface area contributed by atoms with Crippen LogP contribution in [0.25, 0.3) is 0 Å². The first-order chi connectivity index (χ1) is 9.04. The summed E-state index contributed by atoms with van der Waals surface area (Å²) in [5.41, 5.74) is 0.484. The van der Waals surface area contributed by atoms with Gasteiger partial charge < -0.3 is 9.80 Å². The van der Waals surface area contributed by atoms with Gasteiger partial charge >= 0.3 is 0 Å². The van der Waals surface area contributed by atoms with E-state index >= 15 is 0 Å². The van der Waals surface area contributed by atoms with Gasteiger partial charge in [-0.2, -0.15) is 0 Å². The predicted octanol–water partition coefficient (Wildman–Crippen LogP) is 2.76. The van der Waals surface area contributed by atoms with Crippen LogP contribution in [0.3, 0.4) is 0 Å². The number of amides is 1. The second-order valence-electron chi connectivity index (χ2n) is 7.02. The second-order valence-corrected chi connectivity index (χ2v) is 7.02. The van der Waals surface area contributed by atoms with E-state index in [-0.39, 0.29) is 0 Å². The highest BCUT2D eigenvalue weighted by atomic mass is 16.2. The Bertz CT molecular complexity index is 298. The summed E-state index contributed by atoms with van der Waals surface area (Å²) >= 11 is 0. The van der Waals surface area contributed by atoms with Crippen LogP contribution in [0.5, 0.6) is 0 Å². The van der Waals surface area contributed by atoms with Crippen molar-refractivity contribution in [2.75, 3.05) is 32.7 Å². The lowest BCUT2D eigenvalue weighted by Gasteiger charge is -2.54. The highest BCUT2D eigenvalue weighted by molar-refractivity contribution is 5.77. The fourth-order valence-corrected chi connectivity index (χ4v) is 3.39. The quantitative estimate of drug-likeness (QED) is 0.764. The number of likely N-dealkylation sites (tertiary alicyclic amines) is 2. The first-order valence-corrected chi connectivity index (χ1v) is 8.05. The first-order valence-electron chi connectivity index (χ1n) is 8.05. The Labute approximate surface area is 118 Å². The maximum absolute atomic E-state index is 12.0. The van der Waals surface area contributed by atoms with E-state index < -0.39 is 0 Å². The standard InChI is InChI=1S/C16H30N2O/c1-4-9-17-10-7-16(8-11-17)12-18(13-16)15(19)6-5-14(2)3/h14H,4-13H2,1-3H3. The molecule has 1 amide bonds. The molecule has 0 aromatic carbocycles. The van der Waals surface area contributed by atoms with Gasteiger partial charge in [-0.3, -0.25) is 4.79 Å². The zero-order chi connectivity index (χ0) is 13.9. The van der Waals surface area contributed by atoms with Crippen LogP contribution in [0.2, 0.25) is 0 Å². The van der Waals surface area contributed by atoms with Crippen molar-refractivity contribution >= 4 is 5.91 Å². The minimum absolute atomic E-state index is 0.385. The van der Waals surface area contributed by atoms with Crippen molar-refractivity contribution in [3.05, 3.63) is 0 Å². The number of carbonyl (C=O) groups is 1. The molecular weight excluding hydrogens is 236 g/mol. The van der Waals surface area contributed by atoms with Crippen molar-refractivity contribution in [1.29, 1.82) is 0 Å². The van der Waals surface area contributed by atoms with Gasteiger partial charge in [0, 0.05) is 24.9 Å². The molecule has 0 unspecified atom stereocenters. The van der Waals surface area contributed by atoms with Crippen LogP contribution in [0.4, 0.5) is 0 Å². The lowest BCUT2D eigenvalue weighted by molar-refractivity contribution is -0.147. The molecule has 3 heteroatoms. The summed E-state index contributed by atoms with van der Waals surface area (Å²) in [6, 6.07) is 0. The molecule has 2 aliphatic heterocycles. The predicted molar refractivity (Wildman–Crippen MR) is 79.1 cm³/mol. The lowest BCUT2D eigenvalue weighted by atomic mass is 9.72. The molecule has 2 saturated heterocycles. The first kappa shape index (κ1) is 14.8. The Hall–Kier alpha value is -0.570. The van der Waals surface area contributed by atoms with Gasteiger partial charge in [-0.25, -0.2) is 0 Å². The number of carbonyl (C=O) groups excluding carboxylic acids is 1. The molecule has 0 atom stereocenters. The van der Waals surface area contributed by atoms with Gasteiger partial charge in [0.15, 0.2) is 0 Å². The van der Waals surface area contributed by atoms with E-state index in [1.165, 1.54) is 38.9 Å². The minimum Gasteiger partial charge on any atom is -0.341 e. The fraction of sp³-hybridized carbons (Fsp3) is 0.938. The van der Waals surface area contributed by atoms with E-state index in [0.29, 0.717) is 17.2 Å². The highest BCUT2D eigenvalue weighted by Crippen LogP contribution is 2.40. The molecule has 3 nitrogen and oxygen atoms in total. The van der Waals surface area contributed by atoms with Crippen LogP contribution < -0.4 is 0 Å². The van der Waals surface area contributed by atoms with Crippen LogP contribution >= 0.6 is 0 Å². The molecule has 0 N–H and O–H groups in total. The number of nitrogens with zero attached hydrogens (tertiary/aromatic N) is 2. The highest BCUT2D eigenvalue weighted by Gasteiger charge is 2.46. The molecule has 2 rings (SSSR count). The average molecular weight is 266 g/mol.